The van der Waals surface area contributed by atoms with Crippen molar-refractivity contribution in [3.05, 3.63) is 29.0 Å². The van der Waals surface area contributed by atoms with Crippen LogP contribution in [0.2, 0.25) is 5.15 Å². The number of ether oxygens (including phenoxy) is 1. The summed E-state index contributed by atoms with van der Waals surface area (Å²) in [5.74, 6) is -0.142. The topological polar surface area (TPSA) is 51.2 Å². The fourth-order valence-electron chi connectivity index (χ4n) is 1.89. The molecule has 0 aromatic carbocycles. The Kier molecular flexibility index (Phi) is 3.97. The summed E-state index contributed by atoms with van der Waals surface area (Å²) in [5, 5.41) is 3.29. The van der Waals surface area contributed by atoms with E-state index in [9.17, 15) is 4.79 Å². The van der Waals surface area contributed by atoms with Gasteiger partial charge in [-0.15, -0.1) is 0 Å². The maximum Gasteiger partial charge on any atom is 0.253 e. The summed E-state index contributed by atoms with van der Waals surface area (Å²) in [5.41, 5.74) is 0.513. The first-order chi connectivity index (χ1) is 8.16. The second-order valence-corrected chi connectivity index (χ2v) is 4.57. The minimum atomic E-state index is -0.142. The van der Waals surface area contributed by atoms with Crippen molar-refractivity contribution in [1.82, 2.24) is 10.3 Å². The van der Waals surface area contributed by atoms with Gasteiger partial charge in [-0.1, -0.05) is 11.6 Å². The highest BCUT2D eigenvalue weighted by atomic mass is 35.5. The fourth-order valence-corrected chi connectivity index (χ4v) is 2.00. The van der Waals surface area contributed by atoms with Crippen LogP contribution >= 0.6 is 11.6 Å². The van der Waals surface area contributed by atoms with Gasteiger partial charge < -0.3 is 10.1 Å². The molecule has 2 heterocycles. The van der Waals surface area contributed by atoms with Gasteiger partial charge in [-0.3, -0.25) is 4.79 Å². The second-order valence-electron chi connectivity index (χ2n) is 4.18. The van der Waals surface area contributed by atoms with Gasteiger partial charge in [0.1, 0.15) is 5.15 Å². The van der Waals surface area contributed by atoms with Crippen LogP contribution in [-0.2, 0) is 4.74 Å². The summed E-state index contributed by atoms with van der Waals surface area (Å²) in [6, 6.07) is 3.28. The summed E-state index contributed by atoms with van der Waals surface area (Å²) in [7, 11) is 0. The molecule has 1 amide bonds. The first kappa shape index (κ1) is 12.3. The molecule has 0 saturated carbocycles. The monoisotopic (exact) mass is 254 g/mol. The number of nitrogens with zero attached hydrogens (tertiary/aromatic N) is 1. The molecule has 0 spiro atoms. The molecule has 2 atom stereocenters. The van der Waals surface area contributed by atoms with E-state index in [0.29, 0.717) is 10.7 Å². The fraction of sp³-hybridized carbons (Fsp3) is 0.500. The molecule has 1 aromatic heterocycles. The third-order valence-electron chi connectivity index (χ3n) is 2.87. The standard InChI is InChI=1S/C12H15ClN2O2/c1-8(10-3-2-6-17-10)15-12(16)9-4-5-11(13)14-7-9/h4-5,7-8,10H,2-3,6H2,1H3,(H,15,16). The van der Waals surface area contributed by atoms with Crippen molar-refractivity contribution in [2.45, 2.75) is 31.9 Å². The molecule has 4 nitrogen and oxygen atoms in total. The van der Waals surface area contributed by atoms with Crippen molar-refractivity contribution in [1.29, 1.82) is 0 Å². The van der Waals surface area contributed by atoms with E-state index in [-0.39, 0.29) is 18.1 Å². The number of amides is 1. The van der Waals surface area contributed by atoms with E-state index in [1.807, 2.05) is 6.92 Å². The largest absolute Gasteiger partial charge is 0.376 e. The first-order valence-corrected chi connectivity index (χ1v) is 6.08. The normalized spacial score (nSPS) is 21.2. The number of nitrogens with one attached hydrogen (secondary N) is 1. The molecule has 1 aliphatic rings. The number of hydrogen-bond donors (Lipinski definition) is 1. The number of rotatable bonds is 3. The molecule has 5 heteroatoms. The van der Waals surface area contributed by atoms with E-state index in [1.165, 1.54) is 6.20 Å². The Labute approximate surface area is 105 Å². The number of halogens is 1. The van der Waals surface area contributed by atoms with E-state index in [0.717, 1.165) is 19.4 Å². The molecular weight excluding hydrogens is 240 g/mol. The van der Waals surface area contributed by atoms with E-state index in [4.69, 9.17) is 16.3 Å². The van der Waals surface area contributed by atoms with Crippen LogP contribution in [0, 0.1) is 0 Å². The van der Waals surface area contributed by atoms with Gasteiger partial charge in [-0.05, 0) is 31.9 Å². The number of aromatic nitrogens is 1. The van der Waals surface area contributed by atoms with Crippen LogP contribution in [0.3, 0.4) is 0 Å². The molecule has 1 fully saturated rings. The summed E-state index contributed by atoms with van der Waals surface area (Å²) in [6.07, 6.45) is 3.66. The van der Waals surface area contributed by atoms with Crippen molar-refractivity contribution >= 4 is 17.5 Å². The van der Waals surface area contributed by atoms with Gasteiger partial charge in [0, 0.05) is 12.8 Å². The van der Waals surface area contributed by atoms with E-state index in [2.05, 4.69) is 10.3 Å². The average Bonchev–Trinajstić information content (AvgIpc) is 2.83. The van der Waals surface area contributed by atoms with Gasteiger partial charge in [0.2, 0.25) is 0 Å². The second kappa shape index (κ2) is 5.47. The van der Waals surface area contributed by atoms with Crippen molar-refractivity contribution in [2.75, 3.05) is 6.61 Å². The predicted molar refractivity (Wildman–Crippen MR) is 65.1 cm³/mol. The maximum absolute atomic E-state index is 11.9. The first-order valence-electron chi connectivity index (χ1n) is 5.71. The van der Waals surface area contributed by atoms with Crippen molar-refractivity contribution in [2.24, 2.45) is 0 Å². The Bertz CT molecular complexity index is 388. The minimum Gasteiger partial charge on any atom is -0.376 e. The molecule has 2 unspecified atom stereocenters. The minimum absolute atomic E-state index is 0.0145. The van der Waals surface area contributed by atoms with Crippen LogP contribution < -0.4 is 5.32 Å². The smallest absolute Gasteiger partial charge is 0.253 e. The maximum atomic E-state index is 11.9. The van der Waals surface area contributed by atoms with E-state index >= 15 is 0 Å². The van der Waals surface area contributed by atoms with Gasteiger partial charge >= 0.3 is 0 Å². The van der Waals surface area contributed by atoms with Gasteiger partial charge in [-0.25, -0.2) is 4.98 Å². The quantitative estimate of drug-likeness (QED) is 0.840. The highest BCUT2D eigenvalue weighted by molar-refractivity contribution is 6.29. The third-order valence-corrected chi connectivity index (χ3v) is 3.09. The Morgan fingerprint density at radius 3 is 3.06 bits per heavy atom. The van der Waals surface area contributed by atoms with Gasteiger partial charge in [0.15, 0.2) is 0 Å². The van der Waals surface area contributed by atoms with Gasteiger partial charge in [0.25, 0.3) is 5.91 Å². The zero-order chi connectivity index (χ0) is 12.3. The Balaban J connectivity index is 1.94. The van der Waals surface area contributed by atoms with E-state index < -0.39 is 0 Å². The number of carbonyl (C=O) groups excluding carboxylic acids is 1. The van der Waals surface area contributed by atoms with Crippen LogP contribution in [0.1, 0.15) is 30.1 Å². The highest BCUT2D eigenvalue weighted by Crippen LogP contribution is 2.15. The van der Waals surface area contributed by atoms with Crippen LogP contribution in [-0.4, -0.2) is 29.6 Å². The molecule has 17 heavy (non-hydrogen) atoms. The molecule has 1 aliphatic heterocycles. The molecule has 1 N–H and O–H groups in total. The summed E-state index contributed by atoms with van der Waals surface area (Å²) < 4.78 is 5.52. The third kappa shape index (κ3) is 3.17. The summed E-state index contributed by atoms with van der Waals surface area (Å²) >= 11 is 5.66. The Morgan fingerprint density at radius 2 is 2.47 bits per heavy atom. The zero-order valence-corrected chi connectivity index (χ0v) is 10.4. The molecule has 1 saturated heterocycles. The Hall–Kier alpha value is -1.13. The van der Waals surface area contributed by atoms with Crippen molar-refractivity contribution in [3.63, 3.8) is 0 Å². The predicted octanol–water partition coefficient (Wildman–Crippen LogP) is 2.03. The molecule has 2 rings (SSSR count). The lowest BCUT2D eigenvalue weighted by molar-refractivity contribution is 0.0712. The number of hydrogen-bond acceptors (Lipinski definition) is 3. The van der Waals surface area contributed by atoms with Crippen LogP contribution in [0.4, 0.5) is 0 Å². The lowest BCUT2D eigenvalue weighted by atomic mass is 10.1. The molecular formula is C12H15ClN2O2. The van der Waals surface area contributed by atoms with Gasteiger partial charge in [0.05, 0.1) is 17.7 Å². The van der Waals surface area contributed by atoms with E-state index in [1.54, 1.807) is 12.1 Å². The van der Waals surface area contributed by atoms with Crippen molar-refractivity contribution in [3.8, 4) is 0 Å². The molecule has 92 valence electrons. The lowest BCUT2D eigenvalue weighted by Crippen LogP contribution is -2.40. The summed E-state index contributed by atoms with van der Waals surface area (Å²) in [4.78, 5) is 15.8. The van der Waals surface area contributed by atoms with Crippen LogP contribution in [0.25, 0.3) is 0 Å². The Morgan fingerprint density at radius 1 is 1.65 bits per heavy atom. The molecule has 0 aliphatic carbocycles. The molecule has 0 bridgehead atoms. The summed E-state index contributed by atoms with van der Waals surface area (Å²) in [6.45, 7) is 2.74. The number of carbonyl (C=O) groups is 1. The SMILES string of the molecule is CC(NC(=O)c1ccc(Cl)nc1)C1CCCO1. The van der Waals surface area contributed by atoms with Crippen LogP contribution in [0.15, 0.2) is 18.3 Å². The van der Waals surface area contributed by atoms with Gasteiger partial charge in [-0.2, -0.15) is 0 Å². The lowest BCUT2D eigenvalue weighted by Gasteiger charge is -2.19. The zero-order valence-electron chi connectivity index (χ0n) is 9.65. The number of pyridine rings is 1. The molecule has 0 radical (unpaired) electrons. The highest BCUT2D eigenvalue weighted by Gasteiger charge is 2.23. The molecule has 1 aromatic rings. The van der Waals surface area contributed by atoms with Crippen LogP contribution in [0.5, 0.6) is 0 Å². The van der Waals surface area contributed by atoms with Crippen molar-refractivity contribution < 1.29 is 9.53 Å². The average molecular weight is 255 g/mol.